The van der Waals surface area contributed by atoms with Crippen molar-refractivity contribution in [2.24, 2.45) is 0 Å². The van der Waals surface area contributed by atoms with Crippen LogP contribution in [0.3, 0.4) is 0 Å². The molecule has 0 aliphatic rings. The summed E-state index contributed by atoms with van der Waals surface area (Å²) in [6, 6.07) is 8.87. The summed E-state index contributed by atoms with van der Waals surface area (Å²) in [5.74, 6) is -2.64. The number of ether oxygens (including phenoxy) is 1. The molecule has 3 nitrogen and oxygen atoms in total. The lowest BCUT2D eigenvalue weighted by Gasteiger charge is -2.22. The van der Waals surface area contributed by atoms with E-state index in [1.54, 1.807) is 19.2 Å². The zero-order chi connectivity index (χ0) is 17.0. The monoisotopic (exact) mass is 323 g/mol. The Morgan fingerprint density at radius 3 is 2.35 bits per heavy atom. The molecule has 0 saturated heterocycles. The van der Waals surface area contributed by atoms with Gasteiger partial charge in [-0.2, -0.15) is 0 Å². The third-order valence-electron chi connectivity index (χ3n) is 3.26. The Bertz CT molecular complexity index is 689. The Labute approximate surface area is 132 Å². The quantitative estimate of drug-likeness (QED) is 0.842. The lowest BCUT2D eigenvalue weighted by atomic mass is 10.2. The molecule has 0 aromatic heterocycles. The summed E-state index contributed by atoms with van der Waals surface area (Å²) in [5, 5.41) is 0. The normalized spacial score (nSPS) is 11.9. The van der Waals surface area contributed by atoms with Crippen LogP contribution in [-0.2, 0) is 11.3 Å². The minimum absolute atomic E-state index is 0.0694. The van der Waals surface area contributed by atoms with Gasteiger partial charge in [-0.1, -0.05) is 12.1 Å². The highest BCUT2D eigenvalue weighted by Gasteiger charge is 2.20. The fourth-order valence-corrected chi connectivity index (χ4v) is 2.06. The van der Waals surface area contributed by atoms with E-state index in [1.165, 1.54) is 30.0 Å². The fraction of sp³-hybridized carbons (Fsp3) is 0.235. The molecule has 2 aromatic carbocycles. The number of rotatable bonds is 5. The van der Waals surface area contributed by atoms with E-state index in [1.807, 2.05) is 0 Å². The number of carbonyl (C=O) groups is 1. The topological polar surface area (TPSA) is 29.5 Å². The van der Waals surface area contributed by atoms with E-state index in [9.17, 15) is 18.0 Å². The van der Waals surface area contributed by atoms with Crippen molar-refractivity contribution in [3.05, 3.63) is 65.5 Å². The molecule has 0 N–H and O–H groups in total. The highest BCUT2D eigenvalue weighted by molar-refractivity contribution is 5.80. The van der Waals surface area contributed by atoms with Crippen LogP contribution in [0, 0.1) is 17.5 Å². The standard InChI is InChI=1S/C17H16F3NO2/c1-11(23-14-7-8-15(19)16(20)9-14)17(22)21(2)10-12-3-5-13(18)6-4-12/h3-9,11H,10H2,1-2H3. The summed E-state index contributed by atoms with van der Waals surface area (Å²) in [4.78, 5) is 13.6. The average molecular weight is 323 g/mol. The molecule has 1 amide bonds. The molecule has 0 spiro atoms. The molecule has 6 heteroatoms. The molecule has 122 valence electrons. The van der Waals surface area contributed by atoms with Crippen LogP contribution in [-0.4, -0.2) is 24.0 Å². The van der Waals surface area contributed by atoms with Crippen molar-refractivity contribution in [2.45, 2.75) is 19.6 Å². The Kier molecular flexibility index (Phi) is 5.26. The van der Waals surface area contributed by atoms with Crippen molar-refractivity contribution in [1.82, 2.24) is 4.90 Å². The van der Waals surface area contributed by atoms with Crippen molar-refractivity contribution in [3.8, 4) is 5.75 Å². The van der Waals surface area contributed by atoms with Crippen molar-refractivity contribution in [1.29, 1.82) is 0 Å². The van der Waals surface area contributed by atoms with E-state index in [0.717, 1.165) is 17.7 Å². The predicted molar refractivity (Wildman–Crippen MR) is 79.3 cm³/mol. The molecule has 2 aromatic rings. The second-order valence-corrected chi connectivity index (χ2v) is 5.16. The molecule has 0 fully saturated rings. The van der Waals surface area contributed by atoms with Gasteiger partial charge in [0.05, 0.1) is 0 Å². The van der Waals surface area contributed by atoms with Crippen LogP contribution in [0.25, 0.3) is 0 Å². The van der Waals surface area contributed by atoms with E-state index in [-0.39, 0.29) is 24.0 Å². The number of halogens is 3. The van der Waals surface area contributed by atoms with Gasteiger partial charge in [-0.3, -0.25) is 4.79 Å². The van der Waals surface area contributed by atoms with Crippen LogP contribution in [0.15, 0.2) is 42.5 Å². The van der Waals surface area contributed by atoms with Gasteiger partial charge in [-0.15, -0.1) is 0 Å². The van der Waals surface area contributed by atoms with Gasteiger partial charge in [0.2, 0.25) is 0 Å². The predicted octanol–water partition coefficient (Wildman–Crippen LogP) is 3.53. The molecule has 0 saturated carbocycles. The zero-order valence-electron chi connectivity index (χ0n) is 12.7. The third-order valence-corrected chi connectivity index (χ3v) is 3.26. The van der Waals surface area contributed by atoms with Gasteiger partial charge in [0.1, 0.15) is 11.6 Å². The zero-order valence-corrected chi connectivity index (χ0v) is 12.7. The van der Waals surface area contributed by atoms with Crippen molar-refractivity contribution in [3.63, 3.8) is 0 Å². The first-order chi connectivity index (χ1) is 10.9. The molecule has 23 heavy (non-hydrogen) atoms. The van der Waals surface area contributed by atoms with Crippen LogP contribution in [0.1, 0.15) is 12.5 Å². The van der Waals surface area contributed by atoms with Crippen LogP contribution in [0.2, 0.25) is 0 Å². The molecule has 1 atom stereocenters. The van der Waals surface area contributed by atoms with E-state index in [4.69, 9.17) is 4.74 Å². The van der Waals surface area contributed by atoms with Crippen molar-refractivity contribution in [2.75, 3.05) is 7.05 Å². The Balaban J connectivity index is 1.97. The molecule has 0 aliphatic carbocycles. The average Bonchev–Trinajstić information content (AvgIpc) is 2.52. The minimum Gasteiger partial charge on any atom is -0.481 e. The highest BCUT2D eigenvalue weighted by atomic mass is 19.2. The Morgan fingerprint density at radius 1 is 1.09 bits per heavy atom. The second kappa shape index (κ2) is 7.17. The second-order valence-electron chi connectivity index (χ2n) is 5.16. The number of benzene rings is 2. The van der Waals surface area contributed by atoms with E-state index >= 15 is 0 Å². The molecule has 1 unspecified atom stereocenters. The lowest BCUT2D eigenvalue weighted by molar-refractivity contribution is -0.137. The molecular formula is C17H16F3NO2. The number of likely N-dealkylation sites (N-methyl/N-ethyl adjacent to an activating group) is 1. The van der Waals surface area contributed by atoms with Gasteiger partial charge in [0.25, 0.3) is 5.91 Å². The van der Waals surface area contributed by atoms with Gasteiger partial charge in [-0.05, 0) is 36.8 Å². The van der Waals surface area contributed by atoms with Crippen LogP contribution >= 0.6 is 0 Å². The summed E-state index contributed by atoms with van der Waals surface area (Å²) in [7, 11) is 1.58. The summed E-state index contributed by atoms with van der Waals surface area (Å²) in [6.07, 6.45) is -0.870. The Hall–Kier alpha value is -2.50. The summed E-state index contributed by atoms with van der Waals surface area (Å²) in [6.45, 7) is 1.80. The number of hydrogen-bond donors (Lipinski definition) is 0. The van der Waals surface area contributed by atoms with Gasteiger partial charge in [0, 0.05) is 19.7 Å². The summed E-state index contributed by atoms with van der Waals surface area (Å²) in [5.41, 5.74) is 0.766. The molecule has 0 aliphatic heterocycles. The number of nitrogens with zero attached hydrogens (tertiary/aromatic N) is 1. The molecule has 2 rings (SSSR count). The van der Waals surface area contributed by atoms with Crippen LogP contribution < -0.4 is 4.74 Å². The largest absolute Gasteiger partial charge is 0.481 e. The van der Waals surface area contributed by atoms with E-state index in [0.29, 0.717) is 0 Å². The van der Waals surface area contributed by atoms with Crippen molar-refractivity contribution < 1.29 is 22.7 Å². The number of amides is 1. The first-order valence-corrected chi connectivity index (χ1v) is 6.98. The Morgan fingerprint density at radius 2 is 1.74 bits per heavy atom. The van der Waals surface area contributed by atoms with Gasteiger partial charge >= 0.3 is 0 Å². The van der Waals surface area contributed by atoms with Crippen LogP contribution in [0.5, 0.6) is 5.75 Å². The third kappa shape index (κ3) is 4.48. The maximum atomic E-state index is 13.1. The summed E-state index contributed by atoms with van der Waals surface area (Å²) < 4.78 is 44.2. The first-order valence-electron chi connectivity index (χ1n) is 6.98. The lowest BCUT2D eigenvalue weighted by Crippen LogP contribution is -2.37. The van der Waals surface area contributed by atoms with Crippen molar-refractivity contribution >= 4 is 5.91 Å². The molecule has 0 radical (unpaired) electrons. The smallest absolute Gasteiger partial charge is 0.263 e. The minimum atomic E-state index is -1.04. The fourth-order valence-electron chi connectivity index (χ4n) is 2.06. The van der Waals surface area contributed by atoms with Gasteiger partial charge < -0.3 is 9.64 Å². The number of carbonyl (C=O) groups excluding carboxylic acids is 1. The SMILES string of the molecule is CC(Oc1ccc(F)c(F)c1)C(=O)N(C)Cc1ccc(F)cc1. The summed E-state index contributed by atoms with van der Waals surface area (Å²) >= 11 is 0. The maximum Gasteiger partial charge on any atom is 0.263 e. The number of hydrogen-bond acceptors (Lipinski definition) is 2. The molecule has 0 bridgehead atoms. The van der Waals surface area contributed by atoms with Crippen LogP contribution in [0.4, 0.5) is 13.2 Å². The highest BCUT2D eigenvalue weighted by Crippen LogP contribution is 2.17. The van der Waals surface area contributed by atoms with E-state index < -0.39 is 17.7 Å². The van der Waals surface area contributed by atoms with Gasteiger partial charge in [0.15, 0.2) is 17.7 Å². The first kappa shape index (κ1) is 16.9. The van der Waals surface area contributed by atoms with Gasteiger partial charge in [-0.25, -0.2) is 13.2 Å². The van der Waals surface area contributed by atoms with E-state index in [2.05, 4.69) is 0 Å². The maximum absolute atomic E-state index is 13.1. The molecular weight excluding hydrogens is 307 g/mol. The molecule has 0 heterocycles.